The molecule has 3 aliphatic heterocycles. The number of piperazine rings is 1. The van der Waals surface area contributed by atoms with Crippen LogP contribution in [0.15, 0.2) is 48.6 Å². The van der Waals surface area contributed by atoms with E-state index in [9.17, 15) is 13.2 Å². The van der Waals surface area contributed by atoms with Crippen LogP contribution in [-0.4, -0.2) is 109 Å². The molecule has 0 unspecified atom stereocenters. The van der Waals surface area contributed by atoms with Crippen molar-refractivity contribution in [3.63, 3.8) is 0 Å². The molecule has 1 saturated carbocycles. The summed E-state index contributed by atoms with van der Waals surface area (Å²) in [5.74, 6) is 0.380. The number of fused-ring (bicyclic) bond motifs is 3. The summed E-state index contributed by atoms with van der Waals surface area (Å²) in [6, 6.07) is 11.3. The standard InChI is InChI=1S/C40H57ClN4O6S/c1-29-8-7-17-40(50-4,28-44-21-19-43(2)20-22-44)35-14-11-32(35)26-45-18-6-5-9-30-24-34(41)13-10-33(30)27-51-37-15-12-31(25-36(37)45)39(46)42-52(47,48)38(29)16-23-49-3/h7,10,12-13,15,17,24-25,29,32,35,38H,5-6,8-9,11,14,16,18-23,26-28H2,1-4H3,(H,42,46)/b17-7+/t29-,32-,35+,38+,40-/m0/s1. The van der Waals surface area contributed by atoms with E-state index in [-0.39, 0.29) is 30.4 Å². The van der Waals surface area contributed by atoms with E-state index in [1.165, 1.54) is 5.56 Å². The maximum atomic E-state index is 14.0. The summed E-state index contributed by atoms with van der Waals surface area (Å²) in [6.07, 6.45) is 10.1. The Balaban J connectivity index is 1.41. The molecule has 4 aliphatic rings. The first-order valence-electron chi connectivity index (χ1n) is 19.0. The van der Waals surface area contributed by atoms with Crippen molar-refractivity contribution in [1.29, 1.82) is 0 Å². The Morgan fingerprint density at radius 2 is 1.83 bits per heavy atom. The van der Waals surface area contributed by atoms with Crippen LogP contribution in [0, 0.1) is 17.8 Å². The number of ether oxygens (including phenoxy) is 3. The highest BCUT2D eigenvalue weighted by molar-refractivity contribution is 7.90. The van der Waals surface area contributed by atoms with Gasteiger partial charge in [0.15, 0.2) is 0 Å². The van der Waals surface area contributed by atoms with Crippen LogP contribution in [0.1, 0.15) is 66.9 Å². The number of likely N-dealkylation sites (N-methyl/N-ethyl adjacent to an activating group) is 1. The van der Waals surface area contributed by atoms with E-state index in [1.54, 1.807) is 13.2 Å². The van der Waals surface area contributed by atoms with Gasteiger partial charge in [-0.05, 0) is 111 Å². The van der Waals surface area contributed by atoms with Gasteiger partial charge in [0, 0.05) is 77.2 Å². The number of hydrogen-bond acceptors (Lipinski definition) is 9. The fourth-order valence-corrected chi connectivity index (χ4v) is 10.5. The number of nitrogens with zero attached hydrogens (tertiary/aromatic N) is 3. The smallest absolute Gasteiger partial charge is 0.264 e. The Kier molecular flexibility index (Phi) is 12.9. The van der Waals surface area contributed by atoms with Gasteiger partial charge in [-0.2, -0.15) is 0 Å². The number of methoxy groups -OCH3 is 2. The van der Waals surface area contributed by atoms with Crippen LogP contribution in [0.25, 0.3) is 0 Å². The fraction of sp³-hybridized carbons (Fsp3) is 0.625. The quantitative estimate of drug-likeness (QED) is 0.368. The molecule has 3 heterocycles. The Labute approximate surface area is 315 Å². The molecule has 6 rings (SSSR count). The SMILES string of the molecule is COCC[C@@H]1[C@@H](C)C/C=C/[C@@](CN2CCN(C)CC2)(OC)[C@@H]2CC[C@H]2CN2CCCCc3cc(Cl)ccc3COc3ccc(cc32)C(=O)NS1(=O)=O. The molecule has 5 atom stereocenters. The minimum absolute atomic E-state index is 0.267. The van der Waals surface area contributed by atoms with Crippen molar-refractivity contribution >= 4 is 33.2 Å². The van der Waals surface area contributed by atoms with E-state index < -0.39 is 26.8 Å². The molecule has 0 spiro atoms. The van der Waals surface area contributed by atoms with Crippen molar-refractivity contribution in [1.82, 2.24) is 14.5 Å². The number of sulfonamides is 1. The number of hydrogen-bond donors (Lipinski definition) is 1. The molecular weight excluding hydrogens is 700 g/mol. The molecule has 0 aromatic heterocycles. The van der Waals surface area contributed by atoms with Crippen molar-refractivity contribution in [2.45, 2.75) is 69.3 Å². The van der Waals surface area contributed by atoms with Gasteiger partial charge < -0.3 is 24.0 Å². The monoisotopic (exact) mass is 756 g/mol. The summed E-state index contributed by atoms with van der Waals surface area (Å²) in [7, 11) is 1.52. The highest BCUT2D eigenvalue weighted by atomic mass is 35.5. The predicted octanol–water partition coefficient (Wildman–Crippen LogP) is 5.78. The minimum Gasteiger partial charge on any atom is -0.487 e. The number of rotatable bonds is 6. The van der Waals surface area contributed by atoms with Gasteiger partial charge in [-0.15, -0.1) is 0 Å². The lowest BCUT2D eigenvalue weighted by Crippen LogP contribution is -2.58. The van der Waals surface area contributed by atoms with Crippen molar-refractivity contribution in [3.8, 4) is 5.75 Å². The van der Waals surface area contributed by atoms with E-state index in [4.69, 9.17) is 25.8 Å². The minimum atomic E-state index is -4.05. The molecule has 10 nitrogen and oxygen atoms in total. The molecule has 1 saturated heterocycles. The van der Waals surface area contributed by atoms with Gasteiger partial charge in [0.25, 0.3) is 5.91 Å². The lowest BCUT2D eigenvalue weighted by atomic mass is 9.63. The summed E-state index contributed by atoms with van der Waals surface area (Å²) in [5, 5.41) is -0.110. The second-order valence-corrected chi connectivity index (χ2v) is 17.7. The first kappa shape index (κ1) is 39.0. The number of carbonyl (C=O) groups excluding carboxylic acids is 1. The lowest BCUT2D eigenvalue weighted by molar-refractivity contribution is -0.0948. The summed E-state index contributed by atoms with van der Waals surface area (Å²) in [6.45, 7) is 8.90. The third-order valence-corrected chi connectivity index (χ3v) is 14.2. The van der Waals surface area contributed by atoms with Gasteiger partial charge in [0.2, 0.25) is 10.0 Å². The average Bonchev–Trinajstić information content (AvgIpc) is 3.13. The second kappa shape index (κ2) is 17.2. The number of benzene rings is 2. The summed E-state index contributed by atoms with van der Waals surface area (Å²) in [5.41, 5.74) is 2.84. The summed E-state index contributed by atoms with van der Waals surface area (Å²) >= 11 is 6.41. The second-order valence-electron chi connectivity index (χ2n) is 15.4. The molecule has 12 heteroatoms. The fourth-order valence-electron chi connectivity index (χ4n) is 8.60. The molecule has 2 fully saturated rings. The molecule has 2 bridgehead atoms. The number of anilines is 1. The van der Waals surface area contributed by atoms with E-state index in [0.717, 1.165) is 89.2 Å². The molecule has 0 radical (unpaired) electrons. The first-order chi connectivity index (χ1) is 25.0. The maximum Gasteiger partial charge on any atom is 0.264 e. The molecular formula is C40H57ClN4O6S. The Bertz CT molecular complexity index is 1680. The van der Waals surface area contributed by atoms with Crippen LogP contribution in [0.4, 0.5) is 5.69 Å². The van der Waals surface area contributed by atoms with E-state index in [1.807, 2.05) is 44.4 Å². The zero-order valence-corrected chi connectivity index (χ0v) is 32.9. The van der Waals surface area contributed by atoms with Crippen molar-refractivity contribution in [2.24, 2.45) is 17.8 Å². The third-order valence-electron chi connectivity index (χ3n) is 12.0. The number of allylic oxidation sites excluding steroid dienone is 1. The molecule has 1 amide bonds. The highest BCUT2D eigenvalue weighted by Gasteiger charge is 2.48. The van der Waals surface area contributed by atoms with Crippen LogP contribution in [-0.2, 0) is 32.5 Å². The van der Waals surface area contributed by atoms with Crippen LogP contribution >= 0.6 is 11.6 Å². The van der Waals surface area contributed by atoms with E-state index in [0.29, 0.717) is 29.7 Å². The zero-order valence-electron chi connectivity index (χ0n) is 31.3. The largest absolute Gasteiger partial charge is 0.487 e. The van der Waals surface area contributed by atoms with Crippen LogP contribution in [0.3, 0.4) is 0 Å². The normalized spacial score (nSPS) is 29.7. The van der Waals surface area contributed by atoms with E-state index in [2.05, 4.69) is 38.6 Å². The number of amides is 1. The van der Waals surface area contributed by atoms with Gasteiger partial charge in [0.05, 0.1) is 10.9 Å². The van der Waals surface area contributed by atoms with Crippen LogP contribution in [0.2, 0.25) is 5.02 Å². The molecule has 2 aromatic rings. The molecule has 286 valence electrons. The lowest BCUT2D eigenvalue weighted by Gasteiger charge is -2.51. The van der Waals surface area contributed by atoms with Crippen molar-refractivity contribution < 1.29 is 27.4 Å². The van der Waals surface area contributed by atoms with Crippen LogP contribution < -0.4 is 14.4 Å². The molecule has 2 aromatic carbocycles. The van der Waals surface area contributed by atoms with Gasteiger partial charge in [0.1, 0.15) is 18.0 Å². The van der Waals surface area contributed by atoms with E-state index >= 15 is 0 Å². The number of carbonyl (C=O) groups is 1. The topological polar surface area (TPSA) is 101 Å². The summed E-state index contributed by atoms with van der Waals surface area (Å²) in [4.78, 5) is 21.1. The zero-order chi connectivity index (χ0) is 36.9. The third kappa shape index (κ3) is 8.99. The van der Waals surface area contributed by atoms with Crippen molar-refractivity contribution in [3.05, 3.63) is 70.3 Å². The Morgan fingerprint density at radius 1 is 1.02 bits per heavy atom. The number of halogens is 1. The predicted molar refractivity (Wildman–Crippen MR) is 207 cm³/mol. The molecule has 1 N–H and O–H groups in total. The molecule has 1 aliphatic carbocycles. The van der Waals surface area contributed by atoms with Crippen LogP contribution in [0.5, 0.6) is 5.75 Å². The van der Waals surface area contributed by atoms with Gasteiger partial charge in [-0.25, -0.2) is 13.1 Å². The number of nitrogens with one attached hydrogen (secondary N) is 1. The van der Waals surface area contributed by atoms with Gasteiger partial charge in [-0.3, -0.25) is 9.69 Å². The molecule has 52 heavy (non-hydrogen) atoms. The Morgan fingerprint density at radius 3 is 2.56 bits per heavy atom. The van der Waals surface area contributed by atoms with Gasteiger partial charge in [-0.1, -0.05) is 36.7 Å². The highest BCUT2D eigenvalue weighted by Crippen LogP contribution is 2.47. The van der Waals surface area contributed by atoms with Crippen molar-refractivity contribution in [2.75, 3.05) is 78.6 Å². The Hall–Kier alpha value is -2.67. The average molecular weight is 757 g/mol. The first-order valence-corrected chi connectivity index (χ1v) is 20.9. The maximum absolute atomic E-state index is 14.0. The van der Waals surface area contributed by atoms with Gasteiger partial charge >= 0.3 is 0 Å². The summed E-state index contributed by atoms with van der Waals surface area (Å²) < 4.78 is 48.9. The number of aryl methyl sites for hydroxylation is 1.